The van der Waals surface area contributed by atoms with Gasteiger partial charge >= 0.3 is 6.61 Å². The highest BCUT2D eigenvalue weighted by Crippen LogP contribution is 2.29. The van der Waals surface area contributed by atoms with E-state index in [1.807, 2.05) is 0 Å². The van der Waals surface area contributed by atoms with Gasteiger partial charge in [-0.1, -0.05) is 0 Å². The molecule has 9 nitrogen and oxygen atoms in total. The molecule has 2 amide bonds. The summed E-state index contributed by atoms with van der Waals surface area (Å²) >= 11 is 0. The third-order valence-corrected chi connectivity index (χ3v) is 4.27. The molecule has 2 N–H and O–H groups in total. The van der Waals surface area contributed by atoms with E-state index in [-0.39, 0.29) is 23.0 Å². The van der Waals surface area contributed by atoms with Gasteiger partial charge in [0.05, 0.1) is 7.11 Å². The number of benzene rings is 2. The van der Waals surface area contributed by atoms with Gasteiger partial charge in [-0.15, -0.1) is 0 Å². The predicted molar refractivity (Wildman–Crippen MR) is 107 cm³/mol. The number of halogens is 2. The zero-order valence-electron chi connectivity index (χ0n) is 16.6. The lowest BCUT2D eigenvalue weighted by molar-refractivity contribution is -0.119. The van der Waals surface area contributed by atoms with Crippen molar-refractivity contribution in [3.8, 4) is 11.5 Å². The monoisotopic (exact) mass is 431 g/mol. The van der Waals surface area contributed by atoms with Gasteiger partial charge in [-0.25, -0.2) is 9.67 Å². The van der Waals surface area contributed by atoms with Crippen LogP contribution in [0.2, 0.25) is 0 Å². The summed E-state index contributed by atoms with van der Waals surface area (Å²) in [5, 5.41) is 9.35. The topological polar surface area (TPSA) is 107 Å². The average Bonchev–Trinajstić information content (AvgIpc) is 3.29. The SMILES string of the molecule is COc1cc(C(=O)Nc2ccc(NC(=O)C(C)n3cncn3)cc2)ccc1OC(F)F. The molecule has 1 atom stereocenters. The van der Waals surface area contributed by atoms with Gasteiger partial charge in [-0.3, -0.25) is 9.59 Å². The first kappa shape index (κ1) is 21.7. The summed E-state index contributed by atoms with van der Waals surface area (Å²) in [7, 11) is 1.28. The zero-order valence-corrected chi connectivity index (χ0v) is 16.6. The predicted octanol–water partition coefficient (Wildman–Crippen LogP) is 3.34. The second kappa shape index (κ2) is 9.65. The molecule has 2 aromatic carbocycles. The van der Waals surface area contributed by atoms with Gasteiger partial charge in [0.25, 0.3) is 5.91 Å². The molecule has 0 saturated heterocycles. The number of hydrogen-bond acceptors (Lipinski definition) is 6. The highest BCUT2D eigenvalue weighted by atomic mass is 19.3. The van der Waals surface area contributed by atoms with Crippen molar-refractivity contribution in [1.29, 1.82) is 0 Å². The van der Waals surface area contributed by atoms with Crippen LogP contribution >= 0.6 is 0 Å². The Bertz CT molecular complexity index is 1040. The number of carbonyl (C=O) groups excluding carboxylic acids is 2. The van der Waals surface area contributed by atoms with Crippen molar-refractivity contribution in [3.05, 3.63) is 60.7 Å². The first-order valence-corrected chi connectivity index (χ1v) is 9.06. The number of rotatable bonds is 8. The number of nitrogens with zero attached hydrogens (tertiary/aromatic N) is 3. The average molecular weight is 431 g/mol. The van der Waals surface area contributed by atoms with E-state index in [4.69, 9.17) is 4.74 Å². The maximum atomic E-state index is 12.5. The minimum absolute atomic E-state index is 0.00696. The standard InChI is InChI=1S/C20H19F2N5O4/c1-12(27-11-23-10-24-27)18(28)25-14-4-6-15(7-5-14)26-19(29)13-3-8-16(31-20(21)22)17(9-13)30-2/h3-12,20H,1-2H3,(H,25,28)(H,26,29). The lowest BCUT2D eigenvalue weighted by Gasteiger charge is -2.13. The van der Waals surface area contributed by atoms with E-state index in [1.54, 1.807) is 31.2 Å². The molecule has 0 spiro atoms. The summed E-state index contributed by atoms with van der Waals surface area (Å²) in [6.07, 6.45) is 2.79. The number of alkyl halides is 2. The van der Waals surface area contributed by atoms with Crippen LogP contribution in [0, 0.1) is 0 Å². The number of amides is 2. The summed E-state index contributed by atoms with van der Waals surface area (Å²) in [6, 6.07) is 9.80. The highest BCUT2D eigenvalue weighted by molar-refractivity contribution is 6.04. The Morgan fingerprint density at radius 3 is 2.29 bits per heavy atom. The van der Waals surface area contributed by atoms with Gasteiger partial charge in [0.15, 0.2) is 11.5 Å². The number of hydrogen-bond donors (Lipinski definition) is 2. The van der Waals surface area contributed by atoms with Crippen LogP contribution in [0.15, 0.2) is 55.1 Å². The lowest BCUT2D eigenvalue weighted by atomic mass is 10.1. The minimum atomic E-state index is -3.01. The second-order valence-corrected chi connectivity index (χ2v) is 6.32. The first-order chi connectivity index (χ1) is 14.9. The molecule has 11 heteroatoms. The summed E-state index contributed by atoms with van der Waals surface area (Å²) in [6.45, 7) is -1.32. The fourth-order valence-corrected chi connectivity index (χ4v) is 2.63. The first-order valence-electron chi connectivity index (χ1n) is 9.06. The Morgan fingerprint density at radius 2 is 1.71 bits per heavy atom. The van der Waals surface area contributed by atoms with Crippen LogP contribution in [0.3, 0.4) is 0 Å². The fourth-order valence-electron chi connectivity index (χ4n) is 2.63. The Morgan fingerprint density at radius 1 is 1.03 bits per heavy atom. The van der Waals surface area contributed by atoms with Crippen LogP contribution in [0.25, 0.3) is 0 Å². The quantitative estimate of drug-likeness (QED) is 0.567. The molecular formula is C20H19F2N5O4. The van der Waals surface area contributed by atoms with Gasteiger partial charge in [0, 0.05) is 16.9 Å². The molecule has 1 aromatic heterocycles. The van der Waals surface area contributed by atoms with E-state index in [0.29, 0.717) is 11.4 Å². The van der Waals surface area contributed by atoms with Gasteiger partial charge in [-0.05, 0) is 49.4 Å². The van der Waals surface area contributed by atoms with E-state index >= 15 is 0 Å². The van der Waals surface area contributed by atoms with Crippen molar-refractivity contribution in [2.75, 3.05) is 17.7 Å². The van der Waals surface area contributed by atoms with Crippen molar-refractivity contribution in [1.82, 2.24) is 14.8 Å². The number of nitrogens with one attached hydrogen (secondary N) is 2. The van der Waals surface area contributed by atoms with Crippen LogP contribution < -0.4 is 20.1 Å². The van der Waals surface area contributed by atoms with E-state index < -0.39 is 18.6 Å². The third kappa shape index (κ3) is 5.53. The minimum Gasteiger partial charge on any atom is -0.493 e. The van der Waals surface area contributed by atoms with Crippen LogP contribution in [-0.4, -0.2) is 40.3 Å². The van der Waals surface area contributed by atoms with Gasteiger partial charge in [0.2, 0.25) is 5.91 Å². The molecule has 0 fully saturated rings. The Labute approximate surface area is 176 Å². The molecule has 0 aliphatic rings. The van der Waals surface area contributed by atoms with Crippen molar-refractivity contribution >= 4 is 23.2 Å². The van der Waals surface area contributed by atoms with E-state index in [9.17, 15) is 18.4 Å². The largest absolute Gasteiger partial charge is 0.493 e. The molecule has 0 aliphatic heterocycles. The zero-order chi connectivity index (χ0) is 22.4. The maximum Gasteiger partial charge on any atom is 0.387 e. The number of methoxy groups -OCH3 is 1. The smallest absolute Gasteiger partial charge is 0.387 e. The Balaban J connectivity index is 1.63. The lowest BCUT2D eigenvalue weighted by Crippen LogP contribution is -2.24. The summed E-state index contributed by atoms with van der Waals surface area (Å²) in [4.78, 5) is 28.5. The van der Waals surface area contributed by atoms with Crippen LogP contribution in [0.1, 0.15) is 23.3 Å². The van der Waals surface area contributed by atoms with Crippen LogP contribution in [-0.2, 0) is 4.79 Å². The van der Waals surface area contributed by atoms with Gasteiger partial charge in [-0.2, -0.15) is 13.9 Å². The maximum absolute atomic E-state index is 12.5. The molecule has 0 aliphatic carbocycles. The van der Waals surface area contributed by atoms with E-state index in [2.05, 4.69) is 25.5 Å². The molecule has 0 bridgehead atoms. The number of ether oxygens (including phenoxy) is 2. The molecule has 162 valence electrons. The van der Waals surface area contributed by atoms with Gasteiger partial charge in [0.1, 0.15) is 18.7 Å². The molecular weight excluding hydrogens is 412 g/mol. The summed E-state index contributed by atoms with van der Waals surface area (Å²) in [5.74, 6) is -0.916. The van der Waals surface area contributed by atoms with Crippen molar-refractivity contribution in [2.45, 2.75) is 19.6 Å². The third-order valence-electron chi connectivity index (χ3n) is 4.27. The second-order valence-electron chi connectivity index (χ2n) is 6.32. The van der Waals surface area contributed by atoms with Crippen molar-refractivity contribution in [2.24, 2.45) is 0 Å². The van der Waals surface area contributed by atoms with E-state index in [0.717, 1.165) is 0 Å². The normalized spacial score (nSPS) is 11.6. The molecule has 0 radical (unpaired) electrons. The molecule has 0 saturated carbocycles. The molecule has 1 unspecified atom stereocenters. The van der Waals surface area contributed by atoms with Crippen LogP contribution in [0.4, 0.5) is 20.2 Å². The number of carbonyl (C=O) groups is 2. The van der Waals surface area contributed by atoms with E-state index in [1.165, 1.54) is 42.6 Å². The Hall–Kier alpha value is -4.02. The number of anilines is 2. The summed E-state index contributed by atoms with van der Waals surface area (Å²) in [5.41, 5.74) is 1.20. The summed E-state index contributed by atoms with van der Waals surface area (Å²) < 4.78 is 35.6. The fraction of sp³-hybridized carbons (Fsp3) is 0.200. The number of aromatic nitrogens is 3. The molecule has 3 rings (SSSR count). The van der Waals surface area contributed by atoms with Crippen molar-refractivity contribution < 1.29 is 27.8 Å². The van der Waals surface area contributed by atoms with Crippen molar-refractivity contribution in [3.63, 3.8) is 0 Å². The van der Waals surface area contributed by atoms with Gasteiger partial charge < -0.3 is 20.1 Å². The highest BCUT2D eigenvalue weighted by Gasteiger charge is 2.16. The molecule has 1 heterocycles. The molecule has 3 aromatic rings. The Kier molecular flexibility index (Phi) is 6.75. The van der Waals surface area contributed by atoms with Crippen LogP contribution in [0.5, 0.6) is 11.5 Å². The molecule has 31 heavy (non-hydrogen) atoms.